The molecule has 0 saturated heterocycles. The average molecular weight is 219 g/mol. The number of imidazole rings is 1. The van der Waals surface area contributed by atoms with Crippen molar-refractivity contribution >= 4 is 5.78 Å². The number of Topliss-reactive ketones (excluding diaryl/α,β-unsaturated/α-hetero) is 1. The smallest absolute Gasteiger partial charge is 0.176 e. The van der Waals surface area contributed by atoms with Crippen molar-refractivity contribution in [1.82, 2.24) is 9.55 Å². The molecule has 1 aromatic carbocycles. The SMILES string of the molecule is NCC(=O)c1ccc(-n2ccnc2)c(F)c1. The molecule has 82 valence electrons. The third-order valence-corrected chi connectivity index (χ3v) is 2.24. The second-order valence-corrected chi connectivity index (χ2v) is 3.26. The standard InChI is InChI=1S/C11H10FN3O/c12-9-5-8(11(16)6-13)1-2-10(9)15-4-3-14-7-15/h1-5,7H,6,13H2. The van der Waals surface area contributed by atoms with E-state index in [4.69, 9.17) is 5.73 Å². The summed E-state index contributed by atoms with van der Waals surface area (Å²) in [7, 11) is 0. The Labute approximate surface area is 91.5 Å². The largest absolute Gasteiger partial charge is 0.324 e. The molecule has 0 saturated carbocycles. The van der Waals surface area contributed by atoms with Crippen molar-refractivity contribution in [2.24, 2.45) is 5.73 Å². The van der Waals surface area contributed by atoms with Gasteiger partial charge in [0.2, 0.25) is 0 Å². The predicted octanol–water partition coefficient (Wildman–Crippen LogP) is 1.15. The van der Waals surface area contributed by atoms with Crippen molar-refractivity contribution in [3.63, 3.8) is 0 Å². The highest BCUT2D eigenvalue weighted by atomic mass is 19.1. The average Bonchev–Trinajstić information content (AvgIpc) is 2.81. The van der Waals surface area contributed by atoms with Crippen LogP contribution < -0.4 is 5.73 Å². The number of rotatable bonds is 3. The molecule has 0 amide bonds. The predicted molar refractivity (Wildman–Crippen MR) is 56.9 cm³/mol. The molecular formula is C11H10FN3O. The zero-order valence-corrected chi connectivity index (χ0v) is 8.43. The molecule has 1 aromatic heterocycles. The quantitative estimate of drug-likeness (QED) is 0.788. The maximum absolute atomic E-state index is 13.7. The first-order chi connectivity index (χ1) is 7.72. The van der Waals surface area contributed by atoms with Crippen LogP contribution in [-0.4, -0.2) is 21.9 Å². The van der Waals surface area contributed by atoms with Gasteiger partial charge in [0.25, 0.3) is 0 Å². The van der Waals surface area contributed by atoms with Crippen molar-refractivity contribution < 1.29 is 9.18 Å². The molecule has 0 atom stereocenters. The first kappa shape index (κ1) is 10.5. The zero-order chi connectivity index (χ0) is 11.5. The minimum atomic E-state index is -0.475. The molecule has 0 radical (unpaired) electrons. The van der Waals surface area contributed by atoms with Crippen LogP contribution in [0.3, 0.4) is 0 Å². The summed E-state index contributed by atoms with van der Waals surface area (Å²) in [5.41, 5.74) is 5.83. The molecule has 0 aliphatic rings. The van der Waals surface area contributed by atoms with Gasteiger partial charge >= 0.3 is 0 Å². The second-order valence-electron chi connectivity index (χ2n) is 3.26. The van der Waals surface area contributed by atoms with E-state index < -0.39 is 5.82 Å². The van der Waals surface area contributed by atoms with Crippen LogP contribution in [-0.2, 0) is 0 Å². The first-order valence-corrected chi connectivity index (χ1v) is 4.73. The molecule has 4 nitrogen and oxygen atoms in total. The van der Waals surface area contributed by atoms with Gasteiger partial charge in [0.05, 0.1) is 18.6 Å². The lowest BCUT2D eigenvalue weighted by molar-refractivity contribution is 0.100. The number of nitrogens with two attached hydrogens (primary N) is 1. The molecule has 1 heterocycles. The van der Waals surface area contributed by atoms with Gasteiger partial charge in [0, 0.05) is 18.0 Å². The van der Waals surface area contributed by atoms with Gasteiger partial charge in [-0.3, -0.25) is 4.79 Å². The van der Waals surface area contributed by atoms with E-state index >= 15 is 0 Å². The van der Waals surface area contributed by atoms with Gasteiger partial charge in [-0.15, -0.1) is 0 Å². The summed E-state index contributed by atoms with van der Waals surface area (Å²) in [5.74, 6) is -0.756. The van der Waals surface area contributed by atoms with Crippen molar-refractivity contribution in [1.29, 1.82) is 0 Å². The number of hydrogen-bond donors (Lipinski definition) is 1. The Morgan fingerprint density at radius 2 is 2.31 bits per heavy atom. The fourth-order valence-corrected chi connectivity index (χ4v) is 1.41. The lowest BCUT2D eigenvalue weighted by atomic mass is 10.1. The van der Waals surface area contributed by atoms with Crippen LogP contribution in [0.4, 0.5) is 4.39 Å². The van der Waals surface area contributed by atoms with E-state index in [2.05, 4.69) is 4.98 Å². The second kappa shape index (κ2) is 4.24. The molecule has 5 heteroatoms. The maximum atomic E-state index is 13.7. The summed E-state index contributed by atoms with van der Waals surface area (Å²) < 4.78 is 15.2. The maximum Gasteiger partial charge on any atom is 0.176 e. The van der Waals surface area contributed by atoms with Crippen LogP contribution in [0, 0.1) is 5.82 Å². The highest BCUT2D eigenvalue weighted by Gasteiger charge is 2.09. The van der Waals surface area contributed by atoms with Crippen LogP contribution in [0.25, 0.3) is 5.69 Å². The van der Waals surface area contributed by atoms with Gasteiger partial charge in [-0.2, -0.15) is 0 Å². The summed E-state index contributed by atoms with van der Waals surface area (Å²) in [5, 5.41) is 0. The molecule has 16 heavy (non-hydrogen) atoms. The zero-order valence-electron chi connectivity index (χ0n) is 8.43. The van der Waals surface area contributed by atoms with Crippen molar-refractivity contribution in [3.05, 3.63) is 48.3 Å². The lowest BCUT2D eigenvalue weighted by Crippen LogP contribution is -2.14. The minimum Gasteiger partial charge on any atom is -0.324 e. The van der Waals surface area contributed by atoms with Crippen molar-refractivity contribution in [2.45, 2.75) is 0 Å². The number of carbonyl (C=O) groups is 1. The van der Waals surface area contributed by atoms with Crippen LogP contribution in [0.5, 0.6) is 0 Å². The molecule has 2 aromatic rings. The molecule has 2 rings (SSSR count). The van der Waals surface area contributed by atoms with E-state index in [0.29, 0.717) is 5.69 Å². The number of ketones is 1. The number of nitrogens with zero attached hydrogens (tertiary/aromatic N) is 2. The van der Waals surface area contributed by atoms with E-state index in [1.807, 2.05) is 0 Å². The summed E-state index contributed by atoms with van der Waals surface area (Å²) in [6, 6.07) is 4.26. The lowest BCUT2D eigenvalue weighted by Gasteiger charge is -2.05. The van der Waals surface area contributed by atoms with Gasteiger partial charge in [0.1, 0.15) is 5.82 Å². The summed E-state index contributed by atoms with van der Waals surface area (Å²) in [6.45, 7) is -0.121. The molecular weight excluding hydrogens is 209 g/mol. The number of hydrogen-bond acceptors (Lipinski definition) is 3. The van der Waals surface area contributed by atoms with E-state index in [9.17, 15) is 9.18 Å². The number of carbonyl (C=O) groups excluding carboxylic acids is 1. The fourth-order valence-electron chi connectivity index (χ4n) is 1.41. The Morgan fingerprint density at radius 1 is 1.50 bits per heavy atom. The monoisotopic (exact) mass is 219 g/mol. The Balaban J connectivity index is 2.41. The molecule has 0 spiro atoms. The van der Waals surface area contributed by atoms with Crippen LogP contribution in [0.2, 0.25) is 0 Å². The van der Waals surface area contributed by atoms with Gasteiger partial charge in [-0.25, -0.2) is 9.37 Å². The Morgan fingerprint density at radius 3 is 2.88 bits per heavy atom. The third-order valence-electron chi connectivity index (χ3n) is 2.24. The van der Waals surface area contributed by atoms with Crippen LogP contribution in [0.1, 0.15) is 10.4 Å². The van der Waals surface area contributed by atoms with Crippen molar-refractivity contribution in [2.75, 3.05) is 6.54 Å². The normalized spacial score (nSPS) is 10.4. The van der Waals surface area contributed by atoms with Gasteiger partial charge in [-0.05, 0) is 18.2 Å². The summed E-state index contributed by atoms with van der Waals surface area (Å²) in [4.78, 5) is 15.1. The van der Waals surface area contributed by atoms with Gasteiger partial charge < -0.3 is 10.3 Å². The summed E-state index contributed by atoms with van der Waals surface area (Å²) >= 11 is 0. The van der Waals surface area contributed by atoms with E-state index in [1.54, 1.807) is 18.5 Å². The molecule has 2 N–H and O–H groups in total. The molecule has 0 aliphatic heterocycles. The van der Waals surface area contributed by atoms with E-state index in [0.717, 1.165) is 0 Å². The Bertz CT molecular complexity index is 508. The Kier molecular flexibility index (Phi) is 2.78. The number of benzene rings is 1. The molecule has 0 aliphatic carbocycles. The third kappa shape index (κ3) is 1.85. The highest BCUT2D eigenvalue weighted by molar-refractivity contribution is 5.97. The number of halogens is 1. The van der Waals surface area contributed by atoms with E-state index in [1.165, 1.54) is 23.0 Å². The topological polar surface area (TPSA) is 60.9 Å². The fraction of sp³-hybridized carbons (Fsp3) is 0.0909. The van der Waals surface area contributed by atoms with Gasteiger partial charge in [0.15, 0.2) is 5.78 Å². The minimum absolute atomic E-state index is 0.121. The first-order valence-electron chi connectivity index (χ1n) is 4.73. The number of aromatic nitrogens is 2. The molecule has 0 bridgehead atoms. The Hall–Kier alpha value is -2.01. The van der Waals surface area contributed by atoms with Gasteiger partial charge in [-0.1, -0.05) is 0 Å². The van der Waals surface area contributed by atoms with Crippen LogP contribution >= 0.6 is 0 Å². The highest BCUT2D eigenvalue weighted by Crippen LogP contribution is 2.15. The molecule has 0 fully saturated rings. The van der Waals surface area contributed by atoms with E-state index in [-0.39, 0.29) is 17.9 Å². The summed E-state index contributed by atoms with van der Waals surface area (Å²) in [6.07, 6.45) is 4.67. The molecule has 0 unspecified atom stereocenters. The van der Waals surface area contributed by atoms with Crippen LogP contribution in [0.15, 0.2) is 36.9 Å². The van der Waals surface area contributed by atoms with Crippen molar-refractivity contribution in [3.8, 4) is 5.69 Å².